The number of amides is 2. The van der Waals surface area contributed by atoms with E-state index in [0.717, 1.165) is 41.5 Å². The maximum atomic E-state index is 13.7. The Morgan fingerprint density at radius 1 is 1.05 bits per heavy atom. The van der Waals surface area contributed by atoms with E-state index in [1.165, 1.54) is 23.5 Å². The highest BCUT2D eigenvalue weighted by molar-refractivity contribution is 7.99. The van der Waals surface area contributed by atoms with Crippen molar-refractivity contribution in [3.63, 3.8) is 0 Å². The predicted octanol–water partition coefficient (Wildman–Crippen LogP) is 4.56. The van der Waals surface area contributed by atoms with Gasteiger partial charge in [0.15, 0.2) is 17.6 Å². The fourth-order valence-corrected chi connectivity index (χ4v) is 6.52. The molecular formula is C29H28FN5O5S2. The van der Waals surface area contributed by atoms with Gasteiger partial charge in [-0.1, -0.05) is 30.0 Å². The Hall–Kier alpha value is -4.23. The van der Waals surface area contributed by atoms with E-state index in [9.17, 15) is 18.8 Å². The maximum absolute atomic E-state index is 13.7. The number of para-hydroxylation sites is 1. The molecule has 2 aromatic carbocycles. The number of hydrogen-bond donors (Lipinski definition) is 2. The summed E-state index contributed by atoms with van der Waals surface area (Å²) in [6.45, 7) is 1.83. The third-order valence-corrected chi connectivity index (χ3v) is 8.46. The molecule has 218 valence electrons. The molecule has 13 heteroatoms. The molecule has 2 aromatic heterocycles. The molecule has 10 nitrogen and oxygen atoms in total. The molecule has 2 heterocycles. The van der Waals surface area contributed by atoms with Gasteiger partial charge in [-0.3, -0.25) is 14.2 Å². The van der Waals surface area contributed by atoms with Crippen molar-refractivity contribution in [3.05, 3.63) is 82.2 Å². The summed E-state index contributed by atoms with van der Waals surface area (Å²) in [5.74, 6) is -0.599. The van der Waals surface area contributed by atoms with Crippen molar-refractivity contribution >= 4 is 45.9 Å². The maximum Gasteiger partial charge on any atom is 0.341 e. The monoisotopic (exact) mass is 609 g/mol. The lowest BCUT2D eigenvalue weighted by Gasteiger charge is -2.12. The number of ether oxygens (including phenoxy) is 2. The van der Waals surface area contributed by atoms with Gasteiger partial charge in [0, 0.05) is 10.6 Å². The smallest absolute Gasteiger partial charge is 0.341 e. The second-order valence-electron chi connectivity index (χ2n) is 9.21. The molecule has 42 heavy (non-hydrogen) atoms. The number of esters is 1. The van der Waals surface area contributed by atoms with Crippen LogP contribution in [0.15, 0.2) is 59.8 Å². The highest BCUT2D eigenvalue weighted by atomic mass is 32.2. The Morgan fingerprint density at radius 3 is 2.60 bits per heavy atom. The molecule has 0 unspecified atom stereocenters. The van der Waals surface area contributed by atoms with Crippen LogP contribution in [0.3, 0.4) is 0 Å². The molecule has 0 saturated carbocycles. The van der Waals surface area contributed by atoms with E-state index in [1.807, 2.05) is 18.2 Å². The van der Waals surface area contributed by atoms with E-state index in [2.05, 4.69) is 20.8 Å². The number of nitrogens with zero attached hydrogens (tertiary/aromatic N) is 3. The largest absolute Gasteiger partial charge is 0.484 e. The van der Waals surface area contributed by atoms with Crippen LogP contribution in [0.25, 0.3) is 5.69 Å². The highest BCUT2D eigenvalue weighted by Gasteiger charge is 2.28. The van der Waals surface area contributed by atoms with Crippen molar-refractivity contribution in [1.29, 1.82) is 0 Å². The Bertz CT molecular complexity index is 1570. The fraction of sp³-hybridized carbons (Fsp3) is 0.276. The van der Waals surface area contributed by atoms with Crippen LogP contribution < -0.4 is 15.4 Å². The van der Waals surface area contributed by atoms with Gasteiger partial charge in [-0.05, 0) is 68.1 Å². The number of anilines is 1. The molecule has 4 aromatic rings. The van der Waals surface area contributed by atoms with E-state index in [-0.39, 0.29) is 37.3 Å². The quantitative estimate of drug-likeness (QED) is 0.177. The van der Waals surface area contributed by atoms with Crippen LogP contribution in [0, 0.1) is 5.82 Å². The van der Waals surface area contributed by atoms with Crippen LogP contribution in [0.2, 0.25) is 0 Å². The number of aryl methyl sites for hydroxylation is 1. The van der Waals surface area contributed by atoms with E-state index < -0.39 is 11.8 Å². The van der Waals surface area contributed by atoms with E-state index in [4.69, 9.17) is 9.47 Å². The minimum atomic E-state index is -0.434. The lowest BCUT2D eigenvalue weighted by Crippen LogP contribution is -2.29. The van der Waals surface area contributed by atoms with Gasteiger partial charge in [0.25, 0.3) is 5.91 Å². The number of carbonyl (C=O) groups excluding carboxylic acids is 3. The van der Waals surface area contributed by atoms with Gasteiger partial charge in [-0.2, -0.15) is 0 Å². The third kappa shape index (κ3) is 6.97. The number of halogens is 1. The second-order valence-corrected chi connectivity index (χ2v) is 11.3. The molecule has 0 saturated heterocycles. The van der Waals surface area contributed by atoms with Crippen molar-refractivity contribution in [1.82, 2.24) is 20.1 Å². The van der Waals surface area contributed by atoms with Crippen LogP contribution in [-0.4, -0.2) is 51.5 Å². The Labute approximate surface area is 249 Å². The van der Waals surface area contributed by atoms with Crippen LogP contribution in [-0.2, 0) is 33.7 Å². The summed E-state index contributed by atoms with van der Waals surface area (Å²) in [6.07, 6.45) is 2.62. The number of rotatable bonds is 12. The van der Waals surface area contributed by atoms with E-state index in [1.54, 1.807) is 35.8 Å². The van der Waals surface area contributed by atoms with Crippen LogP contribution >= 0.6 is 23.1 Å². The normalized spacial score (nSPS) is 12.0. The number of hydrogen-bond acceptors (Lipinski definition) is 9. The Kier molecular flexibility index (Phi) is 9.49. The Balaban J connectivity index is 1.27. The molecule has 5 rings (SSSR count). The van der Waals surface area contributed by atoms with Crippen molar-refractivity contribution in [2.45, 2.75) is 37.9 Å². The van der Waals surface area contributed by atoms with Crippen LogP contribution in [0.5, 0.6) is 5.75 Å². The molecule has 1 aliphatic carbocycles. The molecule has 2 amide bonds. The second kappa shape index (κ2) is 13.6. The minimum Gasteiger partial charge on any atom is -0.484 e. The number of benzene rings is 2. The zero-order chi connectivity index (χ0) is 29.5. The molecule has 0 aliphatic heterocycles. The van der Waals surface area contributed by atoms with Gasteiger partial charge >= 0.3 is 5.97 Å². The summed E-state index contributed by atoms with van der Waals surface area (Å²) in [4.78, 5) is 39.1. The first kappa shape index (κ1) is 29.3. The van der Waals surface area contributed by atoms with E-state index >= 15 is 0 Å². The highest BCUT2D eigenvalue weighted by Crippen LogP contribution is 2.39. The summed E-state index contributed by atoms with van der Waals surface area (Å²) in [5.41, 5.74) is 1.96. The van der Waals surface area contributed by atoms with E-state index in [0.29, 0.717) is 33.0 Å². The van der Waals surface area contributed by atoms with Gasteiger partial charge in [0.05, 0.1) is 24.5 Å². The number of thioether (sulfide) groups is 1. The molecule has 2 N–H and O–H groups in total. The van der Waals surface area contributed by atoms with Crippen molar-refractivity contribution in [3.8, 4) is 11.4 Å². The van der Waals surface area contributed by atoms with Crippen LogP contribution in [0.4, 0.5) is 9.39 Å². The molecular weight excluding hydrogens is 581 g/mol. The van der Waals surface area contributed by atoms with Gasteiger partial charge < -0.3 is 20.1 Å². The molecule has 0 radical (unpaired) electrons. The fourth-order valence-electron chi connectivity index (χ4n) is 4.46. The third-order valence-electron chi connectivity index (χ3n) is 6.33. The first-order chi connectivity index (χ1) is 20.4. The Morgan fingerprint density at radius 2 is 1.83 bits per heavy atom. The number of carbonyl (C=O) groups is 3. The molecule has 0 spiro atoms. The number of aromatic nitrogens is 3. The zero-order valence-electron chi connectivity index (χ0n) is 22.7. The van der Waals surface area contributed by atoms with Gasteiger partial charge in [0.2, 0.25) is 5.91 Å². The summed E-state index contributed by atoms with van der Waals surface area (Å²) in [7, 11) is 0. The first-order valence-corrected chi connectivity index (χ1v) is 15.1. The van der Waals surface area contributed by atoms with Gasteiger partial charge in [-0.25, -0.2) is 9.18 Å². The number of nitrogens with one attached hydrogen (secondary N) is 2. The SMILES string of the molecule is CCOC(=O)c1c(NC(=O)CSc2nnc(CNC(=O)COc3ccccc3)n2-c2ccc(F)cc2)sc2c1CCC2. The minimum absolute atomic E-state index is 0.0256. The molecule has 1 aliphatic rings. The average Bonchev–Trinajstić information content (AvgIpc) is 3.70. The summed E-state index contributed by atoms with van der Waals surface area (Å²) in [6, 6.07) is 14.7. The zero-order valence-corrected chi connectivity index (χ0v) is 24.4. The van der Waals surface area contributed by atoms with Gasteiger partial charge in [-0.15, -0.1) is 21.5 Å². The van der Waals surface area contributed by atoms with Crippen molar-refractivity contribution < 1.29 is 28.2 Å². The van der Waals surface area contributed by atoms with Crippen molar-refractivity contribution in [2.75, 3.05) is 24.3 Å². The lowest BCUT2D eigenvalue weighted by atomic mass is 10.1. The standard InChI is InChI=1S/C29H28FN5O5S2/c1-2-39-28(38)26-21-9-6-10-22(21)42-27(26)32-25(37)17-41-29-34-33-23(35(29)19-13-11-18(30)12-14-19)15-31-24(36)16-40-20-7-4-3-5-8-20/h3-5,7-8,11-14H,2,6,9-10,15-17H2,1H3,(H,31,36)(H,32,37). The first-order valence-electron chi connectivity index (χ1n) is 13.3. The number of fused-ring (bicyclic) bond motifs is 1. The topological polar surface area (TPSA) is 124 Å². The average molecular weight is 610 g/mol. The van der Waals surface area contributed by atoms with Crippen LogP contribution in [0.1, 0.15) is 40.0 Å². The summed E-state index contributed by atoms with van der Waals surface area (Å²) >= 11 is 2.53. The van der Waals surface area contributed by atoms with Crippen molar-refractivity contribution in [2.24, 2.45) is 0 Å². The molecule has 0 fully saturated rings. The predicted molar refractivity (Wildman–Crippen MR) is 157 cm³/mol. The molecule has 0 bridgehead atoms. The molecule has 0 atom stereocenters. The van der Waals surface area contributed by atoms with Gasteiger partial charge in [0.1, 0.15) is 16.6 Å². The summed E-state index contributed by atoms with van der Waals surface area (Å²) in [5, 5.41) is 14.9. The summed E-state index contributed by atoms with van der Waals surface area (Å²) < 4.78 is 26.0. The number of thiophene rings is 1. The lowest BCUT2D eigenvalue weighted by molar-refractivity contribution is -0.123.